The molecule has 5 aromatic rings. The van der Waals surface area contributed by atoms with Crippen LogP contribution in [0.15, 0.2) is 102 Å². The maximum atomic E-state index is 12.8. The van der Waals surface area contributed by atoms with E-state index >= 15 is 0 Å². The summed E-state index contributed by atoms with van der Waals surface area (Å²) in [5, 5.41) is 18.6. The fourth-order valence-electron chi connectivity index (χ4n) is 3.80. The summed E-state index contributed by atoms with van der Waals surface area (Å²) in [6, 6.07) is 26.6. The summed E-state index contributed by atoms with van der Waals surface area (Å²) < 4.78 is 13.0. The third-order valence-corrected chi connectivity index (χ3v) is 5.97. The number of non-ortho nitro benzene ring substituents is 1. The fraction of sp³-hybridized carbons (Fsp3) is 0.0714. The van der Waals surface area contributed by atoms with E-state index in [-0.39, 0.29) is 35.4 Å². The Balaban J connectivity index is 1.26. The summed E-state index contributed by atoms with van der Waals surface area (Å²) in [5.74, 6) is 0.390. The Morgan fingerprint density at radius 1 is 1.03 bits per heavy atom. The van der Waals surface area contributed by atoms with Gasteiger partial charge in [0.05, 0.1) is 21.3 Å². The Bertz CT molecular complexity index is 1580. The van der Waals surface area contributed by atoms with E-state index in [1.54, 1.807) is 16.8 Å². The van der Waals surface area contributed by atoms with Crippen LogP contribution in [0, 0.1) is 10.1 Å². The molecule has 0 saturated heterocycles. The van der Waals surface area contributed by atoms with Gasteiger partial charge in [-0.15, -0.1) is 0 Å². The summed E-state index contributed by atoms with van der Waals surface area (Å²) in [5.41, 5.74) is 3.32. The van der Waals surface area contributed by atoms with Gasteiger partial charge in [-0.1, -0.05) is 60.1 Å². The van der Waals surface area contributed by atoms with Gasteiger partial charge in [0.1, 0.15) is 18.1 Å². The van der Waals surface area contributed by atoms with Crippen LogP contribution in [0.4, 0.5) is 5.69 Å². The van der Waals surface area contributed by atoms with Gasteiger partial charge in [0.15, 0.2) is 5.76 Å². The molecule has 10 heteroatoms. The van der Waals surface area contributed by atoms with E-state index in [0.717, 1.165) is 22.5 Å². The van der Waals surface area contributed by atoms with Crippen molar-refractivity contribution < 1.29 is 18.9 Å². The van der Waals surface area contributed by atoms with Crippen LogP contribution in [0.2, 0.25) is 5.02 Å². The number of rotatable bonds is 9. The first-order valence-corrected chi connectivity index (χ1v) is 12.0. The number of hydrogen-bond acceptors (Lipinski definition) is 6. The maximum Gasteiger partial charge on any atom is 0.287 e. The van der Waals surface area contributed by atoms with E-state index in [1.807, 2.05) is 66.9 Å². The van der Waals surface area contributed by atoms with Crippen LogP contribution in [0.5, 0.6) is 5.75 Å². The van der Waals surface area contributed by atoms with Gasteiger partial charge in [0.2, 0.25) is 0 Å². The van der Waals surface area contributed by atoms with Gasteiger partial charge in [-0.2, -0.15) is 5.10 Å². The standard InChI is InChI=1S/C28H21ClN4O5/c29-24-15-22(33(35)36)11-13-25(24)37-18-23-12-14-26(38-23)28(34)30-16-20-17-32(21-9-5-2-6-10-21)31-27(20)19-7-3-1-4-8-19/h1-15,17H,16,18H2,(H,30,34). The molecule has 0 bridgehead atoms. The number of hydrogen-bond donors (Lipinski definition) is 1. The van der Waals surface area contributed by atoms with Crippen LogP contribution < -0.4 is 10.1 Å². The molecule has 1 N–H and O–H groups in total. The molecule has 38 heavy (non-hydrogen) atoms. The Morgan fingerprint density at radius 3 is 2.47 bits per heavy atom. The zero-order valence-electron chi connectivity index (χ0n) is 19.9. The molecule has 2 heterocycles. The molecule has 0 aliphatic carbocycles. The number of para-hydroxylation sites is 1. The summed E-state index contributed by atoms with van der Waals surface area (Å²) in [6.45, 7) is 0.230. The zero-order chi connectivity index (χ0) is 26.5. The molecule has 0 atom stereocenters. The average molecular weight is 529 g/mol. The Hall–Kier alpha value is -4.89. The molecular formula is C28H21ClN4O5. The van der Waals surface area contributed by atoms with Crippen molar-refractivity contribution in [1.82, 2.24) is 15.1 Å². The number of nitrogens with one attached hydrogen (secondary N) is 1. The highest BCUT2D eigenvalue weighted by molar-refractivity contribution is 6.32. The van der Waals surface area contributed by atoms with Crippen molar-refractivity contribution in [2.24, 2.45) is 0 Å². The number of nitrogens with zero attached hydrogens (tertiary/aromatic N) is 3. The van der Waals surface area contributed by atoms with Crippen LogP contribution in [0.3, 0.4) is 0 Å². The summed E-state index contributed by atoms with van der Waals surface area (Å²) in [7, 11) is 0. The first kappa shape index (κ1) is 24.8. The number of amides is 1. The van der Waals surface area contributed by atoms with Crippen LogP contribution in [0.1, 0.15) is 21.9 Å². The highest BCUT2D eigenvalue weighted by Crippen LogP contribution is 2.29. The number of benzene rings is 3. The van der Waals surface area contributed by atoms with Crippen molar-refractivity contribution in [3.8, 4) is 22.7 Å². The predicted molar refractivity (Wildman–Crippen MR) is 141 cm³/mol. The van der Waals surface area contributed by atoms with E-state index in [0.29, 0.717) is 5.76 Å². The van der Waals surface area contributed by atoms with Gasteiger partial charge < -0.3 is 14.5 Å². The molecule has 0 aliphatic heterocycles. The fourth-order valence-corrected chi connectivity index (χ4v) is 4.03. The highest BCUT2D eigenvalue weighted by Gasteiger charge is 2.17. The van der Waals surface area contributed by atoms with Crippen molar-refractivity contribution >= 4 is 23.2 Å². The maximum absolute atomic E-state index is 12.8. The minimum absolute atomic E-state index is 0.00713. The van der Waals surface area contributed by atoms with Crippen molar-refractivity contribution in [3.63, 3.8) is 0 Å². The van der Waals surface area contributed by atoms with E-state index in [9.17, 15) is 14.9 Å². The quantitative estimate of drug-likeness (QED) is 0.180. The lowest BCUT2D eigenvalue weighted by molar-refractivity contribution is -0.384. The van der Waals surface area contributed by atoms with E-state index < -0.39 is 10.8 Å². The van der Waals surface area contributed by atoms with Crippen LogP contribution in [-0.2, 0) is 13.2 Å². The number of furan rings is 1. The van der Waals surface area contributed by atoms with Crippen molar-refractivity contribution in [2.45, 2.75) is 13.2 Å². The Labute approximate surface area is 222 Å². The summed E-state index contributed by atoms with van der Waals surface area (Å²) >= 11 is 6.06. The Kier molecular flexibility index (Phi) is 7.19. The van der Waals surface area contributed by atoms with Crippen LogP contribution in [-0.4, -0.2) is 20.6 Å². The lowest BCUT2D eigenvalue weighted by Gasteiger charge is -2.06. The SMILES string of the molecule is O=C(NCc1cn(-c2ccccc2)nc1-c1ccccc1)c1ccc(COc2ccc([N+](=O)[O-])cc2Cl)o1. The summed E-state index contributed by atoms with van der Waals surface area (Å²) in [6.07, 6.45) is 1.90. The largest absolute Gasteiger partial charge is 0.484 e. The number of nitro benzene ring substituents is 1. The molecule has 1 amide bonds. The third-order valence-electron chi connectivity index (χ3n) is 5.68. The van der Waals surface area contributed by atoms with E-state index in [1.165, 1.54) is 18.2 Å². The molecule has 0 unspecified atom stereocenters. The first-order chi connectivity index (χ1) is 18.5. The molecule has 0 fully saturated rings. The van der Waals surface area contributed by atoms with Gasteiger partial charge in [0.25, 0.3) is 11.6 Å². The molecule has 190 valence electrons. The topological polar surface area (TPSA) is 112 Å². The number of carbonyl (C=O) groups is 1. The summed E-state index contributed by atoms with van der Waals surface area (Å²) in [4.78, 5) is 23.1. The monoisotopic (exact) mass is 528 g/mol. The number of ether oxygens (including phenoxy) is 1. The lowest BCUT2D eigenvalue weighted by atomic mass is 10.1. The van der Waals surface area contributed by atoms with E-state index in [4.69, 9.17) is 25.9 Å². The van der Waals surface area contributed by atoms with Gasteiger partial charge in [-0.05, 0) is 30.3 Å². The number of nitro groups is 1. The molecule has 0 aliphatic rings. The molecule has 9 nitrogen and oxygen atoms in total. The van der Waals surface area contributed by atoms with Gasteiger partial charge in [-0.3, -0.25) is 14.9 Å². The first-order valence-electron chi connectivity index (χ1n) is 11.6. The van der Waals surface area contributed by atoms with Crippen molar-refractivity contribution in [3.05, 3.63) is 129 Å². The van der Waals surface area contributed by atoms with Gasteiger partial charge >= 0.3 is 0 Å². The molecule has 0 radical (unpaired) electrons. The minimum atomic E-state index is -0.539. The van der Waals surface area contributed by atoms with Gasteiger partial charge in [0, 0.05) is 36.0 Å². The van der Waals surface area contributed by atoms with Crippen molar-refractivity contribution in [1.29, 1.82) is 0 Å². The molecule has 0 spiro atoms. The molecule has 3 aromatic carbocycles. The van der Waals surface area contributed by atoms with Crippen molar-refractivity contribution in [2.75, 3.05) is 0 Å². The molecule has 0 saturated carbocycles. The van der Waals surface area contributed by atoms with Crippen LogP contribution in [0.25, 0.3) is 16.9 Å². The van der Waals surface area contributed by atoms with Crippen LogP contribution >= 0.6 is 11.6 Å². The molecular weight excluding hydrogens is 508 g/mol. The molecule has 5 rings (SSSR count). The Morgan fingerprint density at radius 2 is 1.76 bits per heavy atom. The number of halogens is 1. The highest BCUT2D eigenvalue weighted by atomic mass is 35.5. The van der Waals surface area contributed by atoms with Gasteiger partial charge in [-0.25, -0.2) is 4.68 Å². The second kappa shape index (κ2) is 11.0. The number of carbonyl (C=O) groups excluding carboxylic acids is 1. The predicted octanol–water partition coefficient (Wildman–Crippen LogP) is 6.20. The molecule has 2 aromatic heterocycles. The second-order valence-electron chi connectivity index (χ2n) is 8.26. The van der Waals surface area contributed by atoms with E-state index in [2.05, 4.69) is 5.32 Å². The average Bonchev–Trinajstić information content (AvgIpc) is 3.60. The zero-order valence-corrected chi connectivity index (χ0v) is 20.7. The number of aromatic nitrogens is 2. The minimum Gasteiger partial charge on any atom is -0.484 e. The lowest BCUT2D eigenvalue weighted by Crippen LogP contribution is -2.22. The normalized spacial score (nSPS) is 10.8. The second-order valence-corrected chi connectivity index (χ2v) is 8.67. The smallest absolute Gasteiger partial charge is 0.287 e. The third kappa shape index (κ3) is 5.58.